The van der Waals surface area contributed by atoms with Gasteiger partial charge in [0.2, 0.25) is 0 Å². The van der Waals surface area contributed by atoms with Crippen molar-refractivity contribution in [2.45, 2.75) is 88.5 Å². The highest BCUT2D eigenvalue weighted by Gasteiger charge is 2.40. The Morgan fingerprint density at radius 1 is 0.950 bits per heavy atom. The highest BCUT2D eigenvalue weighted by Crippen LogP contribution is 2.35. The van der Waals surface area contributed by atoms with Crippen LogP contribution in [-0.4, -0.2) is 59.6 Å². The topological polar surface area (TPSA) is 18.5 Å². The molecule has 0 spiro atoms. The minimum atomic E-state index is 0.833. The van der Waals surface area contributed by atoms with Crippen molar-refractivity contribution in [3.8, 4) is 0 Å². The van der Waals surface area contributed by atoms with Gasteiger partial charge in [-0.3, -0.25) is 4.90 Å². The van der Waals surface area contributed by atoms with E-state index in [9.17, 15) is 0 Å². The van der Waals surface area contributed by atoms with Crippen molar-refractivity contribution < 1.29 is 0 Å². The lowest BCUT2D eigenvalue weighted by atomic mass is 9.91. The summed E-state index contributed by atoms with van der Waals surface area (Å²) < 4.78 is 0. The molecule has 0 aromatic rings. The smallest absolute Gasteiger partial charge is 0.0128 e. The van der Waals surface area contributed by atoms with Gasteiger partial charge in [0.1, 0.15) is 0 Å². The van der Waals surface area contributed by atoms with Crippen molar-refractivity contribution in [3.05, 3.63) is 0 Å². The summed E-state index contributed by atoms with van der Waals surface area (Å²) in [5, 5.41) is 3.80. The first-order chi connectivity index (χ1) is 9.83. The zero-order valence-electron chi connectivity index (χ0n) is 13.1. The number of piperidine rings is 2. The van der Waals surface area contributed by atoms with E-state index in [1.807, 2.05) is 0 Å². The molecule has 0 radical (unpaired) electrons. The Kier molecular flexibility index (Phi) is 3.78. The van der Waals surface area contributed by atoms with E-state index in [-0.39, 0.29) is 0 Å². The number of fused-ring (bicyclic) bond motifs is 3. The first-order valence-electron chi connectivity index (χ1n) is 9.09. The number of nitrogens with one attached hydrogen (secondary N) is 1. The minimum Gasteiger partial charge on any atom is -0.311 e. The fourth-order valence-corrected chi connectivity index (χ4v) is 5.62. The Balaban J connectivity index is 1.42. The molecule has 0 aromatic carbocycles. The predicted molar refractivity (Wildman–Crippen MR) is 83.0 cm³/mol. The summed E-state index contributed by atoms with van der Waals surface area (Å²) in [6.07, 6.45) is 11.5. The zero-order valence-corrected chi connectivity index (χ0v) is 13.1. The monoisotopic (exact) mass is 277 g/mol. The van der Waals surface area contributed by atoms with Crippen molar-refractivity contribution in [3.63, 3.8) is 0 Å². The van der Waals surface area contributed by atoms with Crippen molar-refractivity contribution in [2.75, 3.05) is 19.6 Å². The SMILES string of the molecule is CCN(C1CC2CCC(C1)N2)C1CCN2CCCC2C1. The van der Waals surface area contributed by atoms with Gasteiger partial charge in [0.05, 0.1) is 0 Å². The van der Waals surface area contributed by atoms with Crippen LogP contribution in [0.15, 0.2) is 0 Å². The average molecular weight is 277 g/mol. The lowest BCUT2D eigenvalue weighted by Gasteiger charge is -2.46. The molecule has 4 atom stereocenters. The molecule has 4 fully saturated rings. The normalized spacial score (nSPS) is 45.0. The number of hydrogen-bond acceptors (Lipinski definition) is 3. The molecule has 4 heterocycles. The maximum atomic E-state index is 3.80. The van der Waals surface area contributed by atoms with Gasteiger partial charge in [0.25, 0.3) is 0 Å². The maximum Gasteiger partial charge on any atom is 0.0128 e. The van der Waals surface area contributed by atoms with Gasteiger partial charge in [-0.05, 0) is 71.0 Å². The molecule has 4 rings (SSSR count). The van der Waals surface area contributed by atoms with E-state index in [0.29, 0.717) is 0 Å². The van der Waals surface area contributed by atoms with Crippen molar-refractivity contribution in [2.24, 2.45) is 0 Å². The third-order valence-electron chi connectivity index (χ3n) is 6.54. The van der Waals surface area contributed by atoms with Crippen LogP contribution in [0.2, 0.25) is 0 Å². The van der Waals surface area contributed by atoms with E-state index in [4.69, 9.17) is 0 Å². The summed E-state index contributed by atoms with van der Waals surface area (Å²) in [5.41, 5.74) is 0. The number of nitrogens with zero attached hydrogens (tertiary/aromatic N) is 2. The van der Waals surface area contributed by atoms with E-state index < -0.39 is 0 Å². The summed E-state index contributed by atoms with van der Waals surface area (Å²) in [6, 6.07) is 4.33. The highest BCUT2D eigenvalue weighted by molar-refractivity contribution is 4.98. The van der Waals surface area contributed by atoms with E-state index in [1.54, 1.807) is 0 Å². The summed E-state index contributed by atoms with van der Waals surface area (Å²) in [7, 11) is 0. The van der Waals surface area contributed by atoms with E-state index in [2.05, 4.69) is 22.0 Å². The molecular formula is C17H31N3. The van der Waals surface area contributed by atoms with Gasteiger partial charge < -0.3 is 10.2 Å². The summed E-state index contributed by atoms with van der Waals surface area (Å²) in [5.74, 6) is 0. The summed E-state index contributed by atoms with van der Waals surface area (Å²) >= 11 is 0. The van der Waals surface area contributed by atoms with Crippen LogP contribution >= 0.6 is 0 Å². The molecule has 4 aliphatic heterocycles. The van der Waals surface area contributed by atoms with Crippen LogP contribution in [0.1, 0.15) is 58.3 Å². The molecule has 0 aromatic heterocycles. The predicted octanol–water partition coefficient (Wildman–Crippen LogP) is 2.22. The second-order valence-corrected chi connectivity index (χ2v) is 7.60. The molecule has 3 nitrogen and oxygen atoms in total. The zero-order chi connectivity index (χ0) is 13.5. The van der Waals surface area contributed by atoms with Crippen molar-refractivity contribution in [1.82, 2.24) is 15.1 Å². The molecule has 1 N–H and O–H groups in total. The second-order valence-electron chi connectivity index (χ2n) is 7.60. The van der Waals surface area contributed by atoms with Crippen LogP contribution in [0, 0.1) is 0 Å². The Hall–Kier alpha value is -0.120. The molecule has 4 saturated heterocycles. The Bertz CT molecular complexity index is 333. The third kappa shape index (κ3) is 2.42. The average Bonchev–Trinajstić information content (AvgIpc) is 3.05. The van der Waals surface area contributed by atoms with Crippen molar-refractivity contribution >= 4 is 0 Å². The molecule has 0 saturated carbocycles. The van der Waals surface area contributed by atoms with Crippen molar-refractivity contribution in [1.29, 1.82) is 0 Å². The van der Waals surface area contributed by atoms with Crippen LogP contribution in [0.4, 0.5) is 0 Å². The second kappa shape index (κ2) is 5.58. The summed E-state index contributed by atoms with van der Waals surface area (Å²) in [6.45, 7) is 6.40. The van der Waals surface area contributed by atoms with Crippen LogP contribution in [-0.2, 0) is 0 Å². The van der Waals surface area contributed by atoms with Crippen LogP contribution in [0.25, 0.3) is 0 Å². The van der Waals surface area contributed by atoms with Crippen LogP contribution in [0.5, 0.6) is 0 Å². The highest BCUT2D eigenvalue weighted by atomic mass is 15.3. The van der Waals surface area contributed by atoms with E-state index in [0.717, 1.165) is 30.2 Å². The van der Waals surface area contributed by atoms with Gasteiger partial charge in [-0.2, -0.15) is 0 Å². The van der Waals surface area contributed by atoms with E-state index >= 15 is 0 Å². The largest absolute Gasteiger partial charge is 0.311 e. The number of rotatable bonds is 3. The fourth-order valence-electron chi connectivity index (χ4n) is 5.62. The van der Waals surface area contributed by atoms with Crippen LogP contribution < -0.4 is 5.32 Å². The fraction of sp³-hybridized carbons (Fsp3) is 1.00. The standard InChI is InChI=1S/C17H31N3/c1-2-20(17-10-13-5-6-14(11-17)18-13)16-7-9-19-8-3-4-15(19)12-16/h13-18H,2-12H2,1H3. The molecule has 20 heavy (non-hydrogen) atoms. The van der Waals surface area contributed by atoms with Gasteiger partial charge in [-0.15, -0.1) is 0 Å². The minimum absolute atomic E-state index is 0.833. The molecule has 0 aliphatic carbocycles. The molecule has 114 valence electrons. The Morgan fingerprint density at radius 2 is 1.75 bits per heavy atom. The lowest BCUT2D eigenvalue weighted by molar-refractivity contribution is 0.0432. The number of hydrogen-bond donors (Lipinski definition) is 1. The maximum absolute atomic E-state index is 3.80. The molecule has 3 heteroatoms. The van der Waals surface area contributed by atoms with Gasteiger partial charge in [0.15, 0.2) is 0 Å². The van der Waals surface area contributed by atoms with Crippen LogP contribution in [0.3, 0.4) is 0 Å². The molecule has 4 unspecified atom stereocenters. The molecule has 4 aliphatic rings. The molecule has 0 amide bonds. The molecular weight excluding hydrogens is 246 g/mol. The van der Waals surface area contributed by atoms with Gasteiger partial charge in [0, 0.05) is 30.2 Å². The van der Waals surface area contributed by atoms with Gasteiger partial charge in [-0.25, -0.2) is 0 Å². The molecule has 2 bridgehead atoms. The lowest BCUT2D eigenvalue weighted by Crippen LogP contribution is -2.55. The van der Waals surface area contributed by atoms with Gasteiger partial charge >= 0.3 is 0 Å². The first-order valence-corrected chi connectivity index (χ1v) is 9.09. The summed E-state index contributed by atoms with van der Waals surface area (Å²) in [4.78, 5) is 5.66. The van der Waals surface area contributed by atoms with Gasteiger partial charge in [-0.1, -0.05) is 6.92 Å². The Labute approximate surface area is 124 Å². The quantitative estimate of drug-likeness (QED) is 0.853. The van der Waals surface area contributed by atoms with E-state index in [1.165, 1.54) is 71.0 Å². The third-order valence-corrected chi connectivity index (χ3v) is 6.54. The Morgan fingerprint density at radius 3 is 2.50 bits per heavy atom. The first kappa shape index (κ1) is 13.5.